The number of anilines is 1. The number of nitrogens with zero attached hydrogens (tertiary/aromatic N) is 6. The van der Waals surface area contributed by atoms with Crippen LogP contribution in [0.15, 0.2) is 40.5 Å². The average molecular weight is 531 g/mol. The van der Waals surface area contributed by atoms with Gasteiger partial charge in [-0.05, 0) is 25.0 Å². The molecule has 0 radical (unpaired) electrons. The molecule has 0 unspecified atom stereocenters. The Kier molecular flexibility index (Phi) is 6.37. The van der Waals surface area contributed by atoms with Crippen molar-refractivity contribution >= 4 is 23.2 Å². The van der Waals surface area contributed by atoms with Crippen molar-refractivity contribution in [2.24, 2.45) is 5.92 Å². The zero-order valence-electron chi connectivity index (χ0n) is 19.9. The fourth-order valence-electron chi connectivity index (χ4n) is 3.89. The first-order valence-electron chi connectivity index (χ1n) is 11.3. The Labute approximate surface area is 212 Å². The molecule has 2 N–H and O–H groups in total. The molecule has 2 amide bonds. The normalized spacial score (nSPS) is 16.7. The highest BCUT2D eigenvalue weighted by molar-refractivity contribution is 7.13. The van der Waals surface area contributed by atoms with E-state index in [0.717, 1.165) is 16.7 Å². The highest BCUT2D eigenvalue weighted by atomic mass is 32.1. The largest absolute Gasteiger partial charge is 0.419 e. The zero-order chi connectivity index (χ0) is 26.3. The number of amides is 2. The van der Waals surface area contributed by atoms with E-state index in [1.165, 1.54) is 18.5 Å². The second-order valence-electron chi connectivity index (χ2n) is 8.59. The minimum atomic E-state index is -4.10. The van der Waals surface area contributed by atoms with Crippen LogP contribution >= 0.6 is 11.3 Å². The number of urea groups is 1. The SMILES string of the molecule is CCNC(=O)Nc1cc2c(cn1)-c1cncc(c1)-c1nnc(o1)[C@@H](C(C)C)N(F)C(F)(F)c1csc-2n1. The lowest BCUT2D eigenvalue weighted by atomic mass is 10.0. The Morgan fingerprint density at radius 3 is 2.73 bits per heavy atom. The summed E-state index contributed by atoms with van der Waals surface area (Å²) in [6.07, 6.45) is 4.50. The molecule has 0 saturated carbocycles. The molecular formula is C23H21F3N8O2S. The van der Waals surface area contributed by atoms with Crippen molar-refractivity contribution < 1.29 is 22.5 Å². The van der Waals surface area contributed by atoms with E-state index in [1.807, 2.05) is 0 Å². The maximum atomic E-state index is 15.4. The molecule has 4 aromatic heterocycles. The minimum absolute atomic E-state index is 0.00158. The molecule has 5 heterocycles. The van der Waals surface area contributed by atoms with Gasteiger partial charge in [0, 0.05) is 47.2 Å². The lowest BCUT2D eigenvalue weighted by Crippen LogP contribution is -2.38. The number of hydrogen-bond donors (Lipinski definition) is 2. The Balaban J connectivity index is 1.73. The number of alkyl halides is 2. The van der Waals surface area contributed by atoms with Crippen LogP contribution < -0.4 is 10.6 Å². The highest BCUT2D eigenvalue weighted by Crippen LogP contribution is 2.44. The van der Waals surface area contributed by atoms with E-state index in [1.54, 1.807) is 33.0 Å². The third-order valence-corrected chi connectivity index (χ3v) is 6.54. The summed E-state index contributed by atoms with van der Waals surface area (Å²) >= 11 is 0.910. The van der Waals surface area contributed by atoms with Gasteiger partial charge in [-0.15, -0.1) is 26.0 Å². The number of rotatable bonds is 3. The maximum absolute atomic E-state index is 15.4. The lowest BCUT2D eigenvalue weighted by molar-refractivity contribution is -0.277. The summed E-state index contributed by atoms with van der Waals surface area (Å²) in [5.74, 6) is -0.767. The van der Waals surface area contributed by atoms with Gasteiger partial charge in [0.2, 0.25) is 11.8 Å². The number of thiazole rings is 1. The number of pyridine rings is 2. The summed E-state index contributed by atoms with van der Waals surface area (Å²) in [6.45, 7) is 5.30. The summed E-state index contributed by atoms with van der Waals surface area (Å²) in [5, 5.41) is 13.7. The van der Waals surface area contributed by atoms with Crippen LogP contribution in [0.25, 0.3) is 33.2 Å². The first kappa shape index (κ1) is 24.8. The Hall–Kier alpha value is -3.91. The van der Waals surface area contributed by atoms with Gasteiger partial charge in [-0.1, -0.05) is 19.0 Å². The van der Waals surface area contributed by atoms with Crippen LogP contribution in [0, 0.1) is 5.92 Å². The molecule has 192 valence electrons. The van der Waals surface area contributed by atoms with Crippen molar-refractivity contribution in [1.82, 2.24) is 35.6 Å². The molecule has 37 heavy (non-hydrogen) atoms. The fraction of sp³-hybridized carbons (Fsp3) is 0.304. The van der Waals surface area contributed by atoms with Crippen molar-refractivity contribution in [2.75, 3.05) is 11.9 Å². The first-order valence-corrected chi connectivity index (χ1v) is 12.2. The van der Waals surface area contributed by atoms with E-state index in [2.05, 4.69) is 35.8 Å². The topological polar surface area (TPSA) is 122 Å². The van der Waals surface area contributed by atoms with Gasteiger partial charge in [0.15, 0.2) is 0 Å². The molecule has 6 bridgehead atoms. The number of nitrogens with one attached hydrogen (secondary N) is 2. The number of halogens is 3. The third-order valence-electron chi connectivity index (χ3n) is 5.66. The maximum Gasteiger partial charge on any atom is 0.374 e. The van der Waals surface area contributed by atoms with Crippen molar-refractivity contribution in [2.45, 2.75) is 32.9 Å². The summed E-state index contributed by atoms with van der Waals surface area (Å²) in [6, 6.07) is -2.89. The van der Waals surface area contributed by atoms with Gasteiger partial charge in [0.25, 0.3) is 0 Å². The van der Waals surface area contributed by atoms with E-state index in [9.17, 15) is 4.79 Å². The molecule has 0 fully saturated rings. The van der Waals surface area contributed by atoms with E-state index >= 15 is 13.3 Å². The van der Waals surface area contributed by atoms with Gasteiger partial charge < -0.3 is 9.73 Å². The quantitative estimate of drug-likeness (QED) is 0.267. The van der Waals surface area contributed by atoms with E-state index in [0.29, 0.717) is 28.8 Å². The molecule has 0 aliphatic carbocycles. The molecule has 1 aliphatic rings. The van der Waals surface area contributed by atoms with Crippen LogP contribution in [0.4, 0.5) is 23.9 Å². The molecule has 1 aliphatic heterocycles. The van der Waals surface area contributed by atoms with Gasteiger partial charge in [0.1, 0.15) is 22.6 Å². The predicted molar refractivity (Wildman–Crippen MR) is 129 cm³/mol. The summed E-state index contributed by atoms with van der Waals surface area (Å²) in [5.41, 5.74) is 1.07. The Bertz CT molecular complexity index is 1460. The van der Waals surface area contributed by atoms with Crippen LogP contribution in [0.1, 0.15) is 38.4 Å². The summed E-state index contributed by atoms with van der Waals surface area (Å²) in [7, 11) is 0. The van der Waals surface area contributed by atoms with Crippen LogP contribution in [-0.4, -0.2) is 42.8 Å². The Morgan fingerprint density at radius 2 is 1.97 bits per heavy atom. The van der Waals surface area contributed by atoms with Gasteiger partial charge in [-0.2, -0.15) is 8.78 Å². The van der Waals surface area contributed by atoms with Gasteiger partial charge in [-0.3, -0.25) is 10.3 Å². The van der Waals surface area contributed by atoms with Crippen LogP contribution in [0.5, 0.6) is 0 Å². The van der Waals surface area contributed by atoms with Crippen LogP contribution in [0.2, 0.25) is 0 Å². The number of hydrogen-bond acceptors (Lipinski definition) is 9. The van der Waals surface area contributed by atoms with E-state index < -0.39 is 34.9 Å². The fourth-order valence-corrected chi connectivity index (χ4v) is 4.75. The predicted octanol–water partition coefficient (Wildman–Crippen LogP) is 5.41. The number of carbonyl (C=O) groups excluding carboxylic acids is 1. The molecule has 0 spiro atoms. The van der Waals surface area contributed by atoms with Crippen LogP contribution in [0.3, 0.4) is 0 Å². The van der Waals surface area contributed by atoms with Crippen molar-refractivity contribution in [3.63, 3.8) is 0 Å². The molecule has 1 atom stereocenters. The average Bonchev–Trinajstić information content (AvgIpc) is 3.55. The molecule has 14 heteroatoms. The van der Waals surface area contributed by atoms with Gasteiger partial charge in [-0.25, -0.2) is 14.8 Å². The smallest absolute Gasteiger partial charge is 0.374 e. The van der Waals surface area contributed by atoms with Gasteiger partial charge in [0.05, 0.1) is 5.56 Å². The number of carbonyl (C=O) groups is 1. The molecular weight excluding hydrogens is 509 g/mol. The van der Waals surface area contributed by atoms with Crippen molar-refractivity contribution in [3.8, 4) is 33.2 Å². The first-order chi connectivity index (χ1) is 17.7. The Morgan fingerprint density at radius 1 is 1.19 bits per heavy atom. The molecule has 5 rings (SSSR count). The molecule has 0 saturated heterocycles. The number of aromatic nitrogens is 5. The van der Waals surface area contributed by atoms with Crippen molar-refractivity contribution in [3.05, 3.63) is 47.7 Å². The van der Waals surface area contributed by atoms with E-state index in [4.69, 9.17) is 4.42 Å². The highest BCUT2D eigenvalue weighted by Gasteiger charge is 2.49. The monoisotopic (exact) mass is 530 g/mol. The second kappa shape index (κ2) is 9.52. The molecule has 0 aromatic carbocycles. The minimum Gasteiger partial charge on any atom is -0.419 e. The van der Waals surface area contributed by atoms with Gasteiger partial charge >= 0.3 is 12.1 Å². The van der Waals surface area contributed by atoms with Crippen molar-refractivity contribution in [1.29, 1.82) is 0 Å². The number of fused-ring (bicyclic) bond motifs is 10. The summed E-state index contributed by atoms with van der Waals surface area (Å²) in [4.78, 5) is 24.7. The molecule has 10 nitrogen and oxygen atoms in total. The van der Waals surface area contributed by atoms with Crippen LogP contribution in [-0.2, 0) is 6.05 Å². The second-order valence-corrected chi connectivity index (χ2v) is 9.44. The molecule has 4 aromatic rings. The summed E-state index contributed by atoms with van der Waals surface area (Å²) < 4.78 is 51.9. The van der Waals surface area contributed by atoms with E-state index in [-0.39, 0.29) is 22.6 Å². The lowest BCUT2D eigenvalue weighted by Gasteiger charge is -2.29. The third kappa shape index (κ3) is 4.53. The zero-order valence-corrected chi connectivity index (χ0v) is 20.7. The standard InChI is InChI=1S/C23H21F3N8O2S/c1-4-28-22(35)31-17-6-14-15(9-29-17)12-5-13(8-27-7-12)19-32-33-20(36-19)18(11(2)3)34(26)23(24,25)16-10-37-21(14)30-16/h5-11,18H,4H2,1-3H3,(H2,28,29,31,35)/t18-/m1/s1.